The number of benzene rings is 2. The standard InChI is InChI=1S/C20H23NO2/c1-14-8-16(22-2)9-17-18-11-21(10-15-6-4-3-5-7-15)12-20(18)23-13-19(14)17/h3-9,18,20H,10-13H2,1-2H3/t18-,20-/m0/s1. The van der Waals surface area contributed by atoms with Crippen LogP contribution < -0.4 is 4.74 Å². The molecular formula is C20H23NO2. The molecule has 0 unspecified atom stereocenters. The molecule has 0 N–H and O–H groups in total. The van der Waals surface area contributed by atoms with Crippen molar-refractivity contribution >= 4 is 0 Å². The van der Waals surface area contributed by atoms with E-state index in [4.69, 9.17) is 9.47 Å². The van der Waals surface area contributed by atoms with Gasteiger partial charge in [-0.1, -0.05) is 30.3 Å². The summed E-state index contributed by atoms with van der Waals surface area (Å²) in [7, 11) is 1.74. The maximum atomic E-state index is 6.17. The predicted molar refractivity (Wildman–Crippen MR) is 90.8 cm³/mol. The average molecular weight is 309 g/mol. The molecule has 2 aromatic rings. The lowest BCUT2D eigenvalue weighted by Gasteiger charge is -2.29. The number of methoxy groups -OCH3 is 1. The van der Waals surface area contributed by atoms with Crippen LogP contribution in [0.15, 0.2) is 42.5 Å². The summed E-state index contributed by atoms with van der Waals surface area (Å²) in [6.07, 6.45) is 0.303. The van der Waals surface area contributed by atoms with Gasteiger partial charge in [-0.25, -0.2) is 0 Å². The van der Waals surface area contributed by atoms with Crippen molar-refractivity contribution in [3.63, 3.8) is 0 Å². The van der Waals surface area contributed by atoms with E-state index in [9.17, 15) is 0 Å². The van der Waals surface area contributed by atoms with Gasteiger partial charge in [-0.2, -0.15) is 0 Å². The van der Waals surface area contributed by atoms with Crippen LogP contribution in [0.3, 0.4) is 0 Å². The van der Waals surface area contributed by atoms with Gasteiger partial charge in [0.1, 0.15) is 5.75 Å². The first kappa shape index (κ1) is 14.7. The number of aryl methyl sites for hydroxylation is 1. The Morgan fingerprint density at radius 3 is 2.78 bits per heavy atom. The zero-order chi connectivity index (χ0) is 15.8. The number of nitrogens with zero attached hydrogens (tertiary/aromatic N) is 1. The van der Waals surface area contributed by atoms with Crippen molar-refractivity contribution in [3.8, 4) is 5.75 Å². The van der Waals surface area contributed by atoms with Crippen molar-refractivity contribution in [1.82, 2.24) is 4.90 Å². The number of likely N-dealkylation sites (tertiary alicyclic amines) is 1. The molecule has 23 heavy (non-hydrogen) atoms. The molecule has 1 saturated heterocycles. The highest BCUT2D eigenvalue weighted by Gasteiger charge is 2.39. The summed E-state index contributed by atoms with van der Waals surface area (Å²) in [6.45, 7) is 5.94. The van der Waals surface area contributed by atoms with Gasteiger partial charge in [-0.05, 0) is 41.3 Å². The Kier molecular flexibility index (Phi) is 3.83. The molecule has 3 nitrogen and oxygen atoms in total. The number of rotatable bonds is 3. The van der Waals surface area contributed by atoms with Gasteiger partial charge < -0.3 is 9.47 Å². The average Bonchev–Trinajstić information content (AvgIpc) is 2.98. The fourth-order valence-electron chi connectivity index (χ4n) is 3.94. The molecule has 2 aromatic carbocycles. The fourth-order valence-corrected chi connectivity index (χ4v) is 3.94. The van der Waals surface area contributed by atoms with Gasteiger partial charge in [-0.3, -0.25) is 4.90 Å². The van der Waals surface area contributed by atoms with Crippen LogP contribution in [0, 0.1) is 6.92 Å². The molecule has 0 spiro atoms. The summed E-state index contributed by atoms with van der Waals surface area (Å²) in [5.41, 5.74) is 5.43. The molecule has 2 heterocycles. The summed E-state index contributed by atoms with van der Waals surface area (Å²) < 4.78 is 11.6. The van der Waals surface area contributed by atoms with E-state index in [0.29, 0.717) is 12.0 Å². The van der Waals surface area contributed by atoms with E-state index in [0.717, 1.165) is 32.0 Å². The fraction of sp³-hybridized carbons (Fsp3) is 0.400. The third kappa shape index (κ3) is 2.75. The summed E-state index contributed by atoms with van der Waals surface area (Å²) in [5.74, 6) is 1.42. The first-order chi connectivity index (χ1) is 11.2. The third-order valence-electron chi connectivity index (χ3n) is 5.15. The molecule has 2 aliphatic heterocycles. The van der Waals surface area contributed by atoms with E-state index in [1.165, 1.54) is 22.3 Å². The lowest BCUT2D eigenvalue weighted by molar-refractivity contribution is 0.0245. The second kappa shape index (κ2) is 5.99. The van der Waals surface area contributed by atoms with E-state index in [2.05, 4.69) is 54.3 Å². The van der Waals surface area contributed by atoms with E-state index < -0.39 is 0 Å². The molecule has 120 valence electrons. The third-order valence-corrected chi connectivity index (χ3v) is 5.15. The highest BCUT2D eigenvalue weighted by molar-refractivity contribution is 5.45. The highest BCUT2D eigenvalue weighted by atomic mass is 16.5. The number of hydrogen-bond acceptors (Lipinski definition) is 3. The van der Waals surface area contributed by atoms with Crippen molar-refractivity contribution in [2.45, 2.75) is 32.1 Å². The first-order valence-electron chi connectivity index (χ1n) is 8.30. The lowest BCUT2D eigenvalue weighted by Crippen LogP contribution is -2.27. The second-order valence-electron chi connectivity index (χ2n) is 6.65. The molecule has 0 bridgehead atoms. The van der Waals surface area contributed by atoms with Gasteiger partial charge in [0.05, 0.1) is 19.8 Å². The SMILES string of the molecule is COc1cc(C)c2c(c1)[C@@H]1CN(Cc3ccccc3)C[C@@H]1OC2. The molecule has 2 atom stereocenters. The summed E-state index contributed by atoms with van der Waals surface area (Å²) >= 11 is 0. The molecule has 0 aliphatic carbocycles. The predicted octanol–water partition coefficient (Wildman–Crippen LogP) is 3.50. The first-order valence-corrected chi connectivity index (χ1v) is 8.30. The van der Waals surface area contributed by atoms with E-state index >= 15 is 0 Å². The minimum Gasteiger partial charge on any atom is -0.497 e. The topological polar surface area (TPSA) is 21.7 Å². The van der Waals surface area contributed by atoms with Gasteiger partial charge in [0.15, 0.2) is 0 Å². The van der Waals surface area contributed by atoms with Gasteiger partial charge >= 0.3 is 0 Å². The van der Waals surface area contributed by atoms with Crippen molar-refractivity contribution in [1.29, 1.82) is 0 Å². The van der Waals surface area contributed by atoms with Crippen LogP contribution in [0.25, 0.3) is 0 Å². The van der Waals surface area contributed by atoms with Crippen LogP contribution in [-0.2, 0) is 17.9 Å². The van der Waals surface area contributed by atoms with Crippen LogP contribution in [0.5, 0.6) is 5.75 Å². The minimum atomic E-state index is 0.303. The zero-order valence-electron chi connectivity index (χ0n) is 13.8. The molecule has 0 amide bonds. The van der Waals surface area contributed by atoms with Crippen molar-refractivity contribution in [3.05, 3.63) is 64.7 Å². The molecule has 0 aromatic heterocycles. The second-order valence-corrected chi connectivity index (χ2v) is 6.65. The Morgan fingerprint density at radius 1 is 1.17 bits per heavy atom. The Balaban J connectivity index is 1.58. The van der Waals surface area contributed by atoms with Gasteiger partial charge in [0, 0.05) is 25.6 Å². The van der Waals surface area contributed by atoms with Crippen LogP contribution >= 0.6 is 0 Å². The highest BCUT2D eigenvalue weighted by Crippen LogP contribution is 2.40. The quantitative estimate of drug-likeness (QED) is 0.866. The number of fused-ring (bicyclic) bond motifs is 3. The largest absolute Gasteiger partial charge is 0.497 e. The molecule has 3 heteroatoms. The zero-order valence-corrected chi connectivity index (χ0v) is 13.8. The van der Waals surface area contributed by atoms with Crippen LogP contribution in [0.4, 0.5) is 0 Å². The van der Waals surface area contributed by atoms with E-state index in [1.54, 1.807) is 7.11 Å². The smallest absolute Gasteiger partial charge is 0.119 e. The monoisotopic (exact) mass is 309 g/mol. The van der Waals surface area contributed by atoms with Crippen LogP contribution in [0.2, 0.25) is 0 Å². The van der Waals surface area contributed by atoms with Crippen molar-refractivity contribution in [2.75, 3.05) is 20.2 Å². The molecule has 4 rings (SSSR count). The molecular weight excluding hydrogens is 286 g/mol. The number of ether oxygens (including phenoxy) is 2. The molecule has 0 radical (unpaired) electrons. The lowest BCUT2D eigenvalue weighted by atomic mass is 9.87. The van der Waals surface area contributed by atoms with E-state index in [1.807, 2.05) is 0 Å². The summed E-state index contributed by atoms with van der Waals surface area (Å²) in [4.78, 5) is 2.51. The maximum Gasteiger partial charge on any atom is 0.119 e. The van der Waals surface area contributed by atoms with Crippen molar-refractivity contribution in [2.24, 2.45) is 0 Å². The number of hydrogen-bond donors (Lipinski definition) is 0. The maximum absolute atomic E-state index is 6.17. The normalized spacial score (nSPS) is 23.4. The van der Waals surface area contributed by atoms with Crippen LogP contribution in [0.1, 0.15) is 28.2 Å². The van der Waals surface area contributed by atoms with Crippen molar-refractivity contribution < 1.29 is 9.47 Å². The van der Waals surface area contributed by atoms with Gasteiger partial charge in [0.2, 0.25) is 0 Å². The van der Waals surface area contributed by atoms with Gasteiger partial charge in [-0.15, -0.1) is 0 Å². The Labute approximate surface area is 137 Å². The van der Waals surface area contributed by atoms with E-state index in [-0.39, 0.29) is 0 Å². The molecule has 2 aliphatic rings. The molecule has 0 saturated carbocycles. The minimum absolute atomic E-state index is 0.303. The Morgan fingerprint density at radius 2 is 2.00 bits per heavy atom. The summed E-state index contributed by atoms with van der Waals surface area (Å²) in [5, 5.41) is 0. The van der Waals surface area contributed by atoms with Crippen LogP contribution in [-0.4, -0.2) is 31.2 Å². The Bertz CT molecular complexity index is 698. The molecule has 1 fully saturated rings. The Hall–Kier alpha value is -1.84. The van der Waals surface area contributed by atoms with Gasteiger partial charge in [0.25, 0.3) is 0 Å². The summed E-state index contributed by atoms with van der Waals surface area (Å²) in [6, 6.07) is 15.0.